The molecule has 0 aliphatic heterocycles. The smallest absolute Gasteiger partial charge is 0.263 e. The highest BCUT2D eigenvalue weighted by Gasteiger charge is 2.54. The molecule has 0 radical (unpaired) electrons. The van der Waals surface area contributed by atoms with Gasteiger partial charge in [0.2, 0.25) is 5.88 Å². The summed E-state index contributed by atoms with van der Waals surface area (Å²) in [7, 11) is 1.75. The van der Waals surface area contributed by atoms with Gasteiger partial charge in [-0.15, -0.1) is 0 Å². The van der Waals surface area contributed by atoms with Crippen molar-refractivity contribution in [3.63, 3.8) is 0 Å². The fourth-order valence-corrected chi connectivity index (χ4v) is 5.52. The third-order valence-corrected chi connectivity index (χ3v) is 8.98. The van der Waals surface area contributed by atoms with Crippen LogP contribution in [0.1, 0.15) is 34.3 Å². The zero-order valence-electron chi connectivity index (χ0n) is 19.7. The van der Waals surface area contributed by atoms with Crippen LogP contribution in [0.4, 0.5) is 0 Å². The maximum Gasteiger partial charge on any atom is 0.263 e. The number of nitriles is 1. The van der Waals surface area contributed by atoms with E-state index in [2.05, 4.69) is 10.3 Å². The number of aryl methyl sites for hydroxylation is 1. The van der Waals surface area contributed by atoms with Gasteiger partial charge in [0.15, 0.2) is 0 Å². The number of ether oxygens (including phenoxy) is 1. The van der Waals surface area contributed by atoms with Crippen LogP contribution in [-0.2, 0) is 23.5 Å². The number of hydrogen-bond acceptors (Lipinski definition) is 7. The molecule has 1 saturated carbocycles. The molecule has 0 spiro atoms. The Kier molecular flexibility index (Phi) is 6.36. The number of nitrogens with zero attached hydrogens (tertiary/aromatic N) is 4. The Morgan fingerprint density at radius 3 is 2.60 bits per heavy atom. The van der Waals surface area contributed by atoms with Gasteiger partial charge in [0, 0.05) is 39.3 Å². The lowest BCUT2D eigenvalue weighted by Gasteiger charge is -2.24. The van der Waals surface area contributed by atoms with Gasteiger partial charge >= 0.3 is 0 Å². The molecule has 1 fully saturated rings. The molecule has 2 N–H and O–H groups in total. The highest BCUT2D eigenvalue weighted by Crippen LogP contribution is 2.45. The summed E-state index contributed by atoms with van der Waals surface area (Å²) in [6, 6.07) is 12.0. The van der Waals surface area contributed by atoms with Gasteiger partial charge in [0.1, 0.15) is 32.3 Å². The number of nitrogens with one attached hydrogen (secondary N) is 2. The second-order valence-corrected chi connectivity index (χ2v) is 11.4. The molecule has 2 aromatic heterocycles. The molecule has 10 nitrogen and oxygen atoms in total. The zero-order valence-corrected chi connectivity index (χ0v) is 20.5. The summed E-state index contributed by atoms with van der Waals surface area (Å²) in [6.07, 6.45) is 2.74. The Morgan fingerprint density at radius 1 is 1.31 bits per heavy atom. The molecule has 1 unspecified atom stereocenters. The van der Waals surface area contributed by atoms with E-state index in [1.165, 1.54) is 28.2 Å². The number of carbonyl (C=O) groups excluding carboxylic acids is 1. The molecule has 11 heteroatoms. The summed E-state index contributed by atoms with van der Waals surface area (Å²) < 4.78 is 29.0. The monoisotopic (exact) mass is 494 g/mol. The van der Waals surface area contributed by atoms with Crippen molar-refractivity contribution >= 4 is 26.7 Å². The predicted molar refractivity (Wildman–Crippen MR) is 131 cm³/mol. The van der Waals surface area contributed by atoms with E-state index in [0.29, 0.717) is 29.3 Å². The van der Waals surface area contributed by atoms with Crippen LogP contribution in [0.3, 0.4) is 0 Å². The fourth-order valence-electron chi connectivity index (χ4n) is 3.87. The van der Waals surface area contributed by atoms with Crippen molar-refractivity contribution in [3.05, 3.63) is 69.6 Å². The molecule has 1 atom stereocenters. The number of benzene rings is 1. The zero-order chi connectivity index (χ0) is 25.4. The number of aromatic nitrogens is 2. The predicted octanol–water partition coefficient (Wildman–Crippen LogP) is 2.17. The van der Waals surface area contributed by atoms with Crippen LogP contribution in [0.15, 0.2) is 47.4 Å². The number of pyridine rings is 2. The molecule has 1 aromatic carbocycles. The first-order valence-electron chi connectivity index (χ1n) is 10.9. The maximum absolute atomic E-state index is 13.0. The number of fused-ring (bicyclic) bond motifs is 1. The van der Waals surface area contributed by atoms with Gasteiger partial charge in [-0.25, -0.2) is 18.3 Å². The van der Waals surface area contributed by atoms with E-state index in [4.69, 9.17) is 14.8 Å². The largest absolute Gasteiger partial charge is 0.474 e. The van der Waals surface area contributed by atoms with Crippen LogP contribution in [0.2, 0.25) is 0 Å². The first kappa shape index (κ1) is 24.4. The minimum Gasteiger partial charge on any atom is -0.474 e. The van der Waals surface area contributed by atoms with E-state index < -0.39 is 26.1 Å². The van der Waals surface area contributed by atoms with Crippen LogP contribution in [-0.4, -0.2) is 49.4 Å². The molecule has 182 valence electrons. The molecule has 4 rings (SSSR count). The van der Waals surface area contributed by atoms with E-state index in [9.17, 15) is 13.8 Å². The summed E-state index contributed by atoms with van der Waals surface area (Å²) in [5.74, 6) is -0.333. The number of carbonyl (C=O) groups is 1. The minimum atomic E-state index is -3.02. The number of amides is 1. The molecule has 1 aliphatic rings. The molecule has 0 bridgehead atoms. The van der Waals surface area contributed by atoms with Gasteiger partial charge in [-0.1, -0.05) is 12.1 Å². The number of rotatable bonds is 8. The Bertz CT molecular complexity index is 1500. The molecule has 2 heterocycles. The van der Waals surface area contributed by atoms with Gasteiger partial charge < -0.3 is 14.6 Å². The fraction of sp³-hybridized carbons (Fsp3) is 0.333. The van der Waals surface area contributed by atoms with Crippen LogP contribution < -0.4 is 15.6 Å². The first-order valence-corrected chi connectivity index (χ1v) is 12.5. The molecule has 35 heavy (non-hydrogen) atoms. The summed E-state index contributed by atoms with van der Waals surface area (Å²) in [4.78, 5) is 30.1. The van der Waals surface area contributed by atoms with Gasteiger partial charge in [0.25, 0.3) is 11.5 Å². The van der Waals surface area contributed by atoms with Gasteiger partial charge in [-0.05, 0) is 42.7 Å². The third kappa shape index (κ3) is 4.50. The Morgan fingerprint density at radius 2 is 2.00 bits per heavy atom. The summed E-state index contributed by atoms with van der Waals surface area (Å²) in [5, 5.41) is 12.2. The van der Waals surface area contributed by atoms with Crippen LogP contribution >= 0.6 is 0 Å². The van der Waals surface area contributed by atoms with Crippen molar-refractivity contribution in [2.75, 3.05) is 20.7 Å². The lowest BCUT2D eigenvalue weighted by molar-refractivity contribution is 0.0949. The summed E-state index contributed by atoms with van der Waals surface area (Å²) in [5.41, 5.74) is 1.21. The van der Waals surface area contributed by atoms with E-state index in [-0.39, 0.29) is 24.6 Å². The van der Waals surface area contributed by atoms with E-state index in [0.717, 1.165) is 5.56 Å². The lowest BCUT2D eigenvalue weighted by atomic mass is 10.1. The van der Waals surface area contributed by atoms with Crippen LogP contribution in [0, 0.1) is 16.1 Å². The molecular weight excluding hydrogens is 468 g/mol. The van der Waals surface area contributed by atoms with Crippen molar-refractivity contribution in [3.8, 4) is 11.9 Å². The Balaban J connectivity index is 1.57. The summed E-state index contributed by atoms with van der Waals surface area (Å²) >= 11 is 0. The number of hydrogen-bond donors (Lipinski definition) is 2. The highest BCUT2D eigenvalue weighted by atomic mass is 32.2. The molecule has 1 amide bonds. The topological polar surface area (TPSA) is 141 Å². The van der Waals surface area contributed by atoms with Crippen molar-refractivity contribution in [2.24, 2.45) is 7.05 Å². The molecular formula is C24H26N6O4S. The average molecular weight is 495 g/mol. The lowest BCUT2D eigenvalue weighted by Crippen LogP contribution is -2.38. The van der Waals surface area contributed by atoms with Crippen molar-refractivity contribution in [2.45, 2.75) is 24.1 Å². The first-order chi connectivity index (χ1) is 16.6. The third-order valence-electron chi connectivity index (χ3n) is 6.25. The normalized spacial score (nSPS) is 15.9. The minimum absolute atomic E-state index is 0.0220. The van der Waals surface area contributed by atoms with Gasteiger partial charge in [-0.3, -0.25) is 9.59 Å². The van der Waals surface area contributed by atoms with Gasteiger partial charge in [-0.2, -0.15) is 5.26 Å². The quantitative estimate of drug-likeness (QED) is 0.492. The van der Waals surface area contributed by atoms with Crippen molar-refractivity contribution in [1.82, 2.24) is 19.2 Å². The summed E-state index contributed by atoms with van der Waals surface area (Å²) in [6.45, 7) is 0.247. The van der Waals surface area contributed by atoms with Crippen LogP contribution in [0.5, 0.6) is 5.88 Å². The molecule has 1 aliphatic carbocycles. The maximum atomic E-state index is 13.0. The second-order valence-electron chi connectivity index (χ2n) is 8.78. The standard InChI is InChI=1S/C24H26N6O4S/c1-29(2)35(26,33)24(9-10-24)15-34-22-20-18(8-11-27-22)12-19(23(32)30(20)3)21(31)28-14-17-6-4-16(13-25)5-7-17/h4-8,11-12,26H,9-10,14-15H2,1-3H3,(H,28,31). The van der Waals surface area contributed by atoms with Gasteiger partial charge in [0.05, 0.1) is 11.6 Å². The van der Waals surface area contributed by atoms with Crippen molar-refractivity contribution in [1.29, 1.82) is 10.0 Å². The molecule has 3 aromatic rings. The Labute approximate surface area is 203 Å². The van der Waals surface area contributed by atoms with Crippen LogP contribution in [0.25, 0.3) is 10.9 Å². The highest BCUT2D eigenvalue weighted by molar-refractivity contribution is 7.91. The van der Waals surface area contributed by atoms with E-state index >= 15 is 0 Å². The Hall–Kier alpha value is -3.75. The average Bonchev–Trinajstić information content (AvgIpc) is 3.65. The van der Waals surface area contributed by atoms with Crippen molar-refractivity contribution < 1.29 is 13.7 Å². The van der Waals surface area contributed by atoms with E-state index in [1.807, 2.05) is 6.07 Å². The SMILES string of the molecule is CN(C)S(=N)(=O)C1(COc2nccc3cc(C(=O)NCc4ccc(C#N)cc4)c(=O)n(C)c23)CC1. The van der Waals surface area contributed by atoms with E-state index in [1.54, 1.807) is 44.4 Å². The second kappa shape index (κ2) is 9.13. The molecule has 0 saturated heterocycles.